The maximum absolute atomic E-state index is 7.18. The zero-order valence-electron chi connectivity index (χ0n) is 49.2. The highest BCUT2D eigenvalue weighted by Gasteiger charge is 2.27. The third kappa shape index (κ3) is 8.42. The first-order valence-electron chi connectivity index (χ1n) is 31.2. The molecule has 1 unspecified atom stereocenters. The van der Waals surface area contributed by atoms with Gasteiger partial charge in [-0.05, 0) is 185 Å². The van der Waals surface area contributed by atoms with Gasteiger partial charge in [-0.3, -0.25) is 0 Å². The Hall–Kier alpha value is -11.0. The lowest BCUT2D eigenvalue weighted by Crippen LogP contribution is -2.09. The molecule has 1 aliphatic rings. The Bertz CT molecular complexity index is 5940. The minimum atomic E-state index is -0.112. The molecular formula is C86H53NO2S2. The number of benzene rings is 15. The van der Waals surface area contributed by atoms with Crippen LogP contribution in [0.4, 0.5) is 17.1 Å². The lowest BCUT2D eigenvalue weighted by molar-refractivity contribution is 0.669. The molecule has 0 fully saturated rings. The molecule has 3 aromatic heterocycles. The number of hydrogen-bond acceptors (Lipinski definition) is 5. The van der Waals surface area contributed by atoms with Gasteiger partial charge in [-0.2, -0.15) is 0 Å². The lowest BCUT2D eigenvalue weighted by Gasteiger charge is -2.25. The molecule has 0 amide bonds. The average molecular weight is 1200 g/mol. The van der Waals surface area contributed by atoms with E-state index in [1.54, 1.807) is 0 Å². The number of thiophene rings is 1. The number of hydrogen-bond donors (Lipinski definition) is 0. The lowest BCUT2D eigenvalue weighted by atomic mass is 9.81. The second kappa shape index (κ2) is 20.8. The van der Waals surface area contributed by atoms with Crippen LogP contribution in [-0.2, 0) is 5.75 Å². The summed E-state index contributed by atoms with van der Waals surface area (Å²) in [5, 5.41) is 14.2. The highest BCUT2D eigenvalue weighted by Crippen LogP contribution is 2.52. The highest BCUT2D eigenvalue weighted by atomic mass is 32.2. The van der Waals surface area contributed by atoms with Crippen LogP contribution in [-0.4, -0.2) is 0 Å². The van der Waals surface area contributed by atoms with Gasteiger partial charge >= 0.3 is 0 Å². The molecule has 426 valence electrons. The van der Waals surface area contributed by atoms with Crippen LogP contribution < -0.4 is 4.90 Å². The van der Waals surface area contributed by atoms with E-state index < -0.39 is 0 Å². The van der Waals surface area contributed by atoms with Crippen molar-refractivity contribution in [3.05, 3.63) is 326 Å². The minimum absolute atomic E-state index is 0.112. The fraction of sp³-hybridized carbons (Fsp3) is 0.0233. The molecular weight excluding hydrogens is 1140 g/mol. The Morgan fingerprint density at radius 1 is 0.319 bits per heavy atom. The van der Waals surface area contributed by atoms with Crippen LogP contribution in [0, 0.1) is 0 Å². The van der Waals surface area contributed by atoms with Crippen LogP contribution in [0.15, 0.2) is 317 Å². The van der Waals surface area contributed by atoms with Gasteiger partial charge in [0.25, 0.3) is 0 Å². The Morgan fingerprint density at radius 3 is 1.77 bits per heavy atom. The second-order valence-electron chi connectivity index (χ2n) is 24.1. The van der Waals surface area contributed by atoms with Gasteiger partial charge in [0.15, 0.2) is 0 Å². The molecule has 0 aliphatic carbocycles. The van der Waals surface area contributed by atoms with Gasteiger partial charge in [0, 0.05) is 86.5 Å². The van der Waals surface area contributed by atoms with Gasteiger partial charge in [0.1, 0.15) is 22.3 Å². The van der Waals surface area contributed by atoms with Gasteiger partial charge in [-0.15, -0.1) is 23.1 Å². The Labute approximate surface area is 533 Å². The summed E-state index contributed by atoms with van der Waals surface area (Å²) < 4.78 is 16.5. The second-order valence-corrected chi connectivity index (χ2v) is 26.2. The zero-order chi connectivity index (χ0) is 59.7. The monoisotopic (exact) mass is 1200 g/mol. The van der Waals surface area contributed by atoms with E-state index in [0.29, 0.717) is 0 Å². The molecule has 18 aromatic rings. The van der Waals surface area contributed by atoms with Gasteiger partial charge in [0.2, 0.25) is 0 Å². The van der Waals surface area contributed by atoms with Crippen molar-refractivity contribution in [2.45, 2.75) is 16.6 Å². The Kier molecular flexibility index (Phi) is 11.9. The van der Waals surface area contributed by atoms with Crippen LogP contribution in [0.5, 0.6) is 0 Å². The molecule has 1 aliphatic heterocycles. The minimum Gasteiger partial charge on any atom is -0.456 e. The smallest absolute Gasteiger partial charge is 0.143 e. The van der Waals surface area contributed by atoms with Crippen molar-refractivity contribution in [2.75, 3.05) is 4.90 Å². The summed E-state index contributed by atoms with van der Waals surface area (Å²) in [4.78, 5) is 3.64. The van der Waals surface area contributed by atoms with Gasteiger partial charge in [-0.1, -0.05) is 206 Å². The first-order valence-corrected chi connectivity index (χ1v) is 33.0. The largest absolute Gasteiger partial charge is 0.456 e. The molecule has 1 atom stereocenters. The molecule has 3 nitrogen and oxygen atoms in total. The Balaban J connectivity index is 0.797. The molecule has 91 heavy (non-hydrogen) atoms. The molecule has 0 radical (unpaired) electrons. The third-order valence-electron chi connectivity index (χ3n) is 19.0. The van der Waals surface area contributed by atoms with Crippen molar-refractivity contribution in [3.63, 3.8) is 0 Å². The van der Waals surface area contributed by atoms with E-state index >= 15 is 0 Å². The number of thioether (sulfide) groups is 1. The van der Waals surface area contributed by atoms with Crippen LogP contribution in [0.25, 0.3) is 141 Å². The summed E-state index contributed by atoms with van der Waals surface area (Å²) in [5.74, 6) is 0.840. The Morgan fingerprint density at radius 2 is 0.967 bits per heavy atom. The zero-order valence-corrected chi connectivity index (χ0v) is 50.9. The van der Waals surface area contributed by atoms with Crippen LogP contribution in [0.1, 0.15) is 28.2 Å². The van der Waals surface area contributed by atoms with Crippen molar-refractivity contribution in [1.82, 2.24) is 0 Å². The van der Waals surface area contributed by atoms with Crippen LogP contribution in [0.3, 0.4) is 0 Å². The topological polar surface area (TPSA) is 29.5 Å². The molecule has 5 heteroatoms. The maximum atomic E-state index is 7.18. The number of anilines is 3. The normalized spacial score (nSPS) is 12.7. The van der Waals surface area contributed by atoms with Crippen molar-refractivity contribution in [3.8, 4) is 44.5 Å². The van der Waals surface area contributed by atoms with Gasteiger partial charge < -0.3 is 13.7 Å². The summed E-state index contributed by atoms with van der Waals surface area (Å²) in [7, 11) is 0. The predicted octanol–water partition coefficient (Wildman–Crippen LogP) is 25.2. The fourth-order valence-corrected chi connectivity index (χ4v) is 17.2. The quantitative estimate of drug-likeness (QED) is 0.135. The van der Waals surface area contributed by atoms with E-state index in [4.69, 9.17) is 8.83 Å². The van der Waals surface area contributed by atoms with Crippen molar-refractivity contribution < 1.29 is 8.83 Å². The van der Waals surface area contributed by atoms with Crippen molar-refractivity contribution in [1.29, 1.82) is 0 Å². The number of nitrogens with zero attached hydrogens (tertiary/aromatic N) is 1. The SMILES string of the molecule is c1ccc(C(c2ccc(-c3ccc4c(c3)-c3cc5ccccc5cc3CS4)c(-c3ccc4c(c3)oc3ccc5ccccc5c34)c2)c2cccc3c2sc2c(-c4cc5ccccc5c5c4oc4ccc(N(c6ccccc6)c6ccccc6)cc45)cccc23)cc1. The molecule has 0 saturated heterocycles. The van der Waals surface area contributed by atoms with E-state index in [9.17, 15) is 0 Å². The predicted molar refractivity (Wildman–Crippen MR) is 386 cm³/mol. The molecule has 19 rings (SSSR count). The average Bonchev–Trinajstić information content (AvgIpc) is 1.68. The molecule has 4 heterocycles. The highest BCUT2D eigenvalue weighted by molar-refractivity contribution is 7.98. The summed E-state index contributed by atoms with van der Waals surface area (Å²) in [6.45, 7) is 0. The first-order chi connectivity index (χ1) is 45.1. The first kappa shape index (κ1) is 52.0. The molecule has 0 spiro atoms. The number of para-hydroxylation sites is 2. The van der Waals surface area contributed by atoms with E-state index in [1.807, 2.05) is 23.1 Å². The molecule has 0 saturated carbocycles. The summed E-state index contributed by atoms with van der Waals surface area (Å²) in [5.41, 5.74) is 21.3. The third-order valence-corrected chi connectivity index (χ3v) is 21.4. The maximum Gasteiger partial charge on any atom is 0.143 e. The van der Waals surface area contributed by atoms with Crippen molar-refractivity contribution >= 4 is 137 Å². The standard InChI is InChI=1S/C86H53NO2S2/c1-4-19-53(20-5-1)81(59-35-39-64(57-37-43-80-74(46-57)73-45-55-22-11-10-21-54(55)44-60(73)51-90-80)72(48-59)58-34-40-70-79(49-58)88-78-41-36-52-18-12-14-28-65(52)82(70)78)71-33-17-31-68-67-30-16-32-69(85(67)91-86(68)71)75-47-56-23-13-15-29-66(56)83-76-50-63(38-42-77(76)89-84(75)83)87(61-24-6-2-7-25-61)62-26-8-3-9-27-62/h1-50,81H,51H2. The number of rotatable bonds is 9. The summed E-state index contributed by atoms with van der Waals surface area (Å²) in [6.07, 6.45) is 0. The van der Waals surface area contributed by atoms with Crippen LogP contribution >= 0.6 is 23.1 Å². The van der Waals surface area contributed by atoms with E-state index in [1.165, 1.54) is 102 Å². The molecule has 15 aromatic carbocycles. The van der Waals surface area contributed by atoms with E-state index in [-0.39, 0.29) is 5.92 Å². The van der Waals surface area contributed by atoms with E-state index in [2.05, 4.69) is 308 Å². The van der Waals surface area contributed by atoms with Gasteiger partial charge in [0.05, 0.1) is 0 Å². The summed E-state index contributed by atoms with van der Waals surface area (Å²) in [6, 6.07) is 112. The van der Waals surface area contributed by atoms with Crippen molar-refractivity contribution in [2.24, 2.45) is 0 Å². The fourth-order valence-electron chi connectivity index (χ4n) is 14.8. The number of fused-ring (bicyclic) bond motifs is 17. The number of furan rings is 2. The molecule has 0 N–H and O–H groups in total. The molecule has 0 bridgehead atoms. The van der Waals surface area contributed by atoms with E-state index in [0.717, 1.165) is 88.9 Å². The van der Waals surface area contributed by atoms with Crippen LogP contribution in [0.2, 0.25) is 0 Å². The van der Waals surface area contributed by atoms with Gasteiger partial charge in [-0.25, -0.2) is 0 Å². The summed E-state index contributed by atoms with van der Waals surface area (Å²) >= 11 is 3.84.